The predicted molar refractivity (Wildman–Crippen MR) is 31.4 cm³/mol. The fourth-order valence-electron chi connectivity index (χ4n) is 0.692. The van der Waals surface area contributed by atoms with Crippen molar-refractivity contribution in [3.8, 4) is 0 Å². The van der Waals surface area contributed by atoms with Gasteiger partial charge in [-0.3, -0.25) is 0 Å². The highest BCUT2D eigenvalue weighted by molar-refractivity contribution is 4.79. The third-order valence-electron chi connectivity index (χ3n) is 1.26. The molecular formula is C6H10O3. The van der Waals surface area contributed by atoms with Crippen LogP contribution in [0.3, 0.4) is 0 Å². The van der Waals surface area contributed by atoms with E-state index in [1.807, 2.05) is 0 Å². The SMILES string of the molecule is CC1(CCO)OC=CO1. The molecule has 0 fully saturated rings. The first kappa shape index (κ1) is 6.42. The van der Waals surface area contributed by atoms with E-state index in [-0.39, 0.29) is 6.61 Å². The number of hydrogen-bond acceptors (Lipinski definition) is 3. The second kappa shape index (κ2) is 2.27. The predicted octanol–water partition coefficient (Wildman–Crippen LogP) is 0.603. The second-order valence-corrected chi connectivity index (χ2v) is 2.12. The molecule has 3 heteroatoms. The molecule has 0 aliphatic carbocycles. The van der Waals surface area contributed by atoms with E-state index in [2.05, 4.69) is 0 Å². The highest BCUT2D eigenvalue weighted by Gasteiger charge is 2.27. The van der Waals surface area contributed by atoms with Gasteiger partial charge in [0.2, 0.25) is 5.79 Å². The van der Waals surface area contributed by atoms with Crippen LogP contribution < -0.4 is 0 Å². The Hall–Kier alpha value is -0.700. The highest BCUT2D eigenvalue weighted by atomic mass is 16.7. The van der Waals surface area contributed by atoms with Gasteiger partial charge in [-0.25, -0.2) is 0 Å². The van der Waals surface area contributed by atoms with Gasteiger partial charge in [-0.05, 0) is 0 Å². The van der Waals surface area contributed by atoms with Crippen LogP contribution in [0.5, 0.6) is 0 Å². The molecule has 0 aromatic heterocycles. The molecule has 1 rings (SSSR count). The van der Waals surface area contributed by atoms with Crippen LogP contribution in [-0.4, -0.2) is 17.5 Å². The summed E-state index contributed by atoms with van der Waals surface area (Å²) in [5.41, 5.74) is 0. The van der Waals surface area contributed by atoms with Crippen LogP contribution in [0.4, 0.5) is 0 Å². The molecule has 0 unspecified atom stereocenters. The van der Waals surface area contributed by atoms with Gasteiger partial charge in [0.25, 0.3) is 0 Å². The molecule has 0 aromatic carbocycles. The number of rotatable bonds is 2. The Morgan fingerprint density at radius 2 is 2.00 bits per heavy atom. The summed E-state index contributed by atoms with van der Waals surface area (Å²) in [5.74, 6) is -0.616. The molecule has 52 valence electrons. The zero-order valence-corrected chi connectivity index (χ0v) is 5.33. The van der Waals surface area contributed by atoms with Gasteiger partial charge in [-0.15, -0.1) is 0 Å². The van der Waals surface area contributed by atoms with E-state index in [9.17, 15) is 0 Å². The lowest BCUT2D eigenvalue weighted by molar-refractivity contribution is -0.136. The summed E-state index contributed by atoms with van der Waals surface area (Å²) in [4.78, 5) is 0. The molecule has 0 radical (unpaired) electrons. The third-order valence-corrected chi connectivity index (χ3v) is 1.26. The Labute approximate surface area is 53.9 Å². The van der Waals surface area contributed by atoms with Crippen LogP contribution in [0.25, 0.3) is 0 Å². The van der Waals surface area contributed by atoms with E-state index in [1.165, 1.54) is 12.5 Å². The van der Waals surface area contributed by atoms with Crippen LogP contribution in [0, 0.1) is 0 Å². The van der Waals surface area contributed by atoms with Gasteiger partial charge in [-0.1, -0.05) is 0 Å². The van der Waals surface area contributed by atoms with Gasteiger partial charge in [0.05, 0.1) is 6.61 Å². The van der Waals surface area contributed by atoms with Crippen LogP contribution >= 0.6 is 0 Å². The van der Waals surface area contributed by atoms with Crippen molar-refractivity contribution in [3.63, 3.8) is 0 Å². The number of hydrogen-bond donors (Lipinski definition) is 1. The highest BCUT2D eigenvalue weighted by Crippen LogP contribution is 2.22. The second-order valence-electron chi connectivity index (χ2n) is 2.12. The van der Waals surface area contributed by atoms with Crippen LogP contribution in [0.1, 0.15) is 13.3 Å². The number of ether oxygens (including phenoxy) is 2. The molecule has 1 heterocycles. The smallest absolute Gasteiger partial charge is 0.249 e. The van der Waals surface area contributed by atoms with Crippen molar-refractivity contribution < 1.29 is 14.6 Å². The van der Waals surface area contributed by atoms with Crippen LogP contribution in [0.2, 0.25) is 0 Å². The van der Waals surface area contributed by atoms with Crippen molar-refractivity contribution in [2.45, 2.75) is 19.1 Å². The Kier molecular flexibility index (Phi) is 1.62. The molecule has 0 bridgehead atoms. The first-order valence-corrected chi connectivity index (χ1v) is 2.88. The molecule has 0 amide bonds. The molecule has 0 saturated heterocycles. The van der Waals surface area contributed by atoms with Gasteiger partial charge in [0.1, 0.15) is 12.5 Å². The van der Waals surface area contributed by atoms with Crippen molar-refractivity contribution in [2.75, 3.05) is 6.61 Å². The van der Waals surface area contributed by atoms with Crippen molar-refractivity contribution in [1.82, 2.24) is 0 Å². The third kappa shape index (κ3) is 1.36. The van der Waals surface area contributed by atoms with E-state index in [1.54, 1.807) is 6.92 Å². The number of aliphatic hydroxyl groups excluding tert-OH is 1. The topological polar surface area (TPSA) is 38.7 Å². The quantitative estimate of drug-likeness (QED) is 0.595. The van der Waals surface area contributed by atoms with Gasteiger partial charge in [0.15, 0.2) is 0 Å². The summed E-state index contributed by atoms with van der Waals surface area (Å²) in [7, 11) is 0. The molecule has 0 spiro atoms. The summed E-state index contributed by atoms with van der Waals surface area (Å²) < 4.78 is 10.0. The van der Waals surface area contributed by atoms with Gasteiger partial charge in [0, 0.05) is 13.3 Å². The molecule has 0 atom stereocenters. The first-order chi connectivity index (χ1) is 4.27. The molecule has 9 heavy (non-hydrogen) atoms. The molecule has 1 aliphatic rings. The molecule has 0 saturated carbocycles. The zero-order chi connectivity index (χ0) is 6.74. The van der Waals surface area contributed by atoms with Crippen LogP contribution in [-0.2, 0) is 9.47 Å². The van der Waals surface area contributed by atoms with E-state index < -0.39 is 5.79 Å². The minimum atomic E-state index is -0.616. The van der Waals surface area contributed by atoms with Gasteiger partial charge >= 0.3 is 0 Å². The Balaban J connectivity index is 2.36. The Bertz CT molecular complexity index is 111. The lowest BCUT2D eigenvalue weighted by Gasteiger charge is -2.21. The molecule has 1 N–H and O–H groups in total. The molecule has 1 aliphatic heterocycles. The molecular weight excluding hydrogens is 120 g/mol. The summed E-state index contributed by atoms with van der Waals surface area (Å²) in [6.45, 7) is 1.86. The Morgan fingerprint density at radius 3 is 2.44 bits per heavy atom. The summed E-state index contributed by atoms with van der Waals surface area (Å²) in [6.07, 6.45) is 3.46. The molecule has 3 nitrogen and oxygen atoms in total. The summed E-state index contributed by atoms with van der Waals surface area (Å²) >= 11 is 0. The minimum Gasteiger partial charge on any atom is -0.457 e. The van der Waals surface area contributed by atoms with Crippen LogP contribution in [0.15, 0.2) is 12.5 Å². The number of aliphatic hydroxyl groups is 1. The monoisotopic (exact) mass is 130 g/mol. The normalized spacial score (nSPS) is 21.1. The Morgan fingerprint density at radius 1 is 1.44 bits per heavy atom. The average molecular weight is 130 g/mol. The maximum absolute atomic E-state index is 8.50. The maximum Gasteiger partial charge on any atom is 0.249 e. The van der Waals surface area contributed by atoms with Crippen molar-refractivity contribution in [2.24, 2.45) is 0 Å². The van der Waals surface area contributed by atoms with Gasteiger partial charge < -0.3 is 14.6 Å². The minimum absolute atomic E-state index is 0.0815. The fraction of sp³-hybridized carbons (Fsp3) is 0.667. The summed E-state index contributed by atoms with van der Waals surface area (Å²) in [6, 6.07) is 0. The van der Waals surface area contributed by atoms with Crippen molar-refractivity contribution in [3.05, 3.63) is 12.5 Å². The summed E-state index contributed by atoms with van der Waals surface area (Å²) in [5, 5.41) is 8.50. The lowest BCUT2D eigenvalue weighted by Crippen LogP contribution is -2.26. The fourth-order valence-corrected chi connectivity index (χ4v) is 0.692. The van der Waals surface area contributed by atoms with E-state index in [0.29, 0.717) is 6.42 Å². The lowest BCUT2D eigenvalue weighted by atomic mass is 10.2. The van der Waals surface area contributed by atoms with Crippen molar-refractivity contribution in [1.29, 1.82) is 0 Å². The molecule has 0 aromatic rings. The maximum atomic E-state index is 8.50. The van der Waals surface area contributed by atoms with Crippen molar-refractivity contribution >= 4 is 0 Å². The largest absolute Gasteiger partial charge is 0.457 e. The van der Waals surface area contributed by atoms with E-state index in [0.717, 1.165) is 0 Å². The van der Waals surface area contributed by atoms with E-state index >= 15 is 0 Å². The average Bonchev–Trinajstić information content (AvgIpc) is 2.16. The first-order valence-electron chi connectivity index (χ1n) is 2.88. The van der Waals surface area contributed by atoms with Gasteiger partial charge in [-0.2, -0.15) is 0 Å². The standard InChI is InChI=1S/C6H10O3/c1-6(2-3-7)8-4-5-9-6/h4-5,7H,2-3H2,1H3. The zero-order valence-electron chi connectivity index (χ0n) is 5.33. The van der Waals surface area contributed by atoms with E-state index in [4.69, 9.17) is 14.6 Å².